The molecule has 0 amide bonds. The third-order valence-corrected chi connectivity index (χ3v) is 0.957. The van der Waals surface area contributed by atoms with Crippen molar-refractivity contribution in [3.05, 3.63) is 0 Å². The van der Waals surface area contributed by atoms with Crippen molar-refractivity contribution in [2.24, 2.45) is 0 Å². The van der Waals surface area contributed by atoms with Crippen molar-refractivity contribution in [2.75, 3.05) is 0 Å². The molecule has 0 unspecified atom stereocenters. The maximum Gasteiger partial charge on any atom is 0 e. The number of hydrogen-bond acceptors (Lipinski definition) is 0. The van der Waals surface area contributed by atoms with Gasteiger partial charge in [-0.15, -0.1) is 50.9 Å². The Labute approximate surface area is 98.4 Å². The Morgan fingerprint density at radius 3 is 1.00 bits per heavy atom. The quantitative estimate of drug-likeness (QED) is 0.540. The highest BCUT2D eigenvalue weighted by Gasteiger charge is 1.75. The Morgan fingerprint density at radius 1 is 0.700 bits per heavy atom. The SMILES string of the molecule is Br.Br.Br.CCCCCC.[B]. The standard InChI is InChI=1S/C6H14.B.3BrH/c1-3-5-6-4-2;;;;/h3-6H2,1-2H3;;3*1H. The molecule has 0 atom stereocenters. The van der Waals surface area contributed by atoms with Crippen molar-refractivity contribution < 1.29 is 0 Å². The van der Waals surface area contributed by atoms with E-state index in [1.807, 2.05) is 0 Å². The Morgan fingerprint density at radius 2 is 0.900 bits per heavy atom. The van der Waals surface area contributed by atoms with Gasteiger partial charge in [-0.1, -0.05) is 39.5 Å². The zero-order chi connectivity index (χ0) is 4.83. The molecule has 0 aromatic rings. The van der Waals surface area contributed by atoms with Crippen LogP contribution < -0.4 is 0 Å². The summed E-state index contributed by atoms with van der Waals surface area (Å²) in [5.74, 6) is 0. The molecule has 65 valence electrons. The van der Waals surface area contributed by atoms with E-state index in [4.69, 9.17) is 0 Å². The first-order valence-corrected chi connectivity index (χ1v) is 2.91. The lowest BCUT2D eigenvalue weighted by Crippen LogP contribution is -1.66. The molecule has 0 heterocycles. The lowest BCUT2D eigenvalue weighted by atomic mass is 10.2. The summed E-state index contributed by atoms with van der Waals surface area (Å²) in [5.41, 5.74) is 0. The number of rotatable bonds is 3. The molecule has 0 fully saturated rings. The highest BCUT2D eigenvalue weighted by Crippen LogP contribution is 1.95. The van der Waals surface area contributed by atoms with Gasteiger partial charge in [0.15, 0.2) is 0 Å². The fraction of sp³-hybridized carbons (Fsp3) is 1.00. The van der Waals surface area contributed by atoms with Gasteiger partial charge in [-0.2, -0.15) is 0 Å². The van der Waals surface area contributed by atoms with Crippen LogP contribution in [-0.4, -0.2) is 8.41 Å². The molecule has 0 N–H and O–H groups in total. The van der Waals surface area contributed by atoms with Crippen LogP contribution >= 0.6 is 50.9 Å². The first kappa shape index (κ1) is 30.0. The van der Waals surface area contributed by atoms with Crippen molar-refractivity contribution in [2.45, 2.75) is 39.5 Å². The number of hydrogen-bond donors (Lipinski definition) is 0. The maximum atomic E-state index is 2.23. The van der Waals surface area contributed by atoms with Crippen molar-refractivity contribution in [3.63, 3.8) is 0 Å². The topological polar surface area (TPSA) is 0 Å². The van der Waals surface area contributed by atoms with Crippen molar-refractivity contribution >= 4 is 59.4 Å². The van der Waals surface area contributed by atoms with E-state index in [1.165, 1.54) is 25.7 Å². The summed E-state index contributed by atoms with van der Waals surface area (Å²) < 4.78 is 0. The molecule has 10 heavy (non-hydrogen) atoms. The monoisotopic (exact) mass is 337 g/mol. The Kier molecular flexibility index (Phi) is 94.0. The Bertz CT molecular complexity index is 25.0. The molecule has 3 radical (unpaired) electrons. The van der Waals surface area contributed by atoms with Gasteiger partial charge < -0.3 is 0 Å². The summed E-state index contributed by atoms with van der Waals surface area (Å²) in [7, 11) is 0. The average Bonchev–Trinajstić information content (AvgIpc) is 1.61. The number of halogens is 3. The van der Waals surface area contributed by atoms with Crippen LogP contribution in [0.3, 0.4) is 0 Å². The fourth-order valence-electron chi connectivity index (χ4n) is 0.500. The summed E-state index contributed by atoms with van der Waals surface area (Å²) in [6.45, 7) is 4.46. The van der Waals surface area contributed by atoms with Crippen LogP contribution in [0.25, 0.3) is 0 Å². The Hall–Kier alpha value is 1.50. The molecule has 4 heteroatoms. The highest BCUT2D eigenvalue weighted by molar-refractivity contribution is 8.93. The molecule has 0 bridgehead atoms. The molecule has 0 aliphatic carbocycles. The minimum atomic E-state index is 0. The zero-order valence-electron chi connectivity index (χ0n) is 6.63. The van der Waals surface area contributed by atoms with E-state index in [9.17, 15) is 0 Å². The lowest BCUT2D eigenvalue weighted by molar-refractivity contribution is 0.702. The van der Waals surface area contributed by atoms with E-state index in [-0.39, 0.29) is 59.4 Å². The third-order valence-electron chi connectivity index (χ3n) is 0.957. The first-order chi connectivity index (χ1) is 2.91. The fourth-order valence-corrected chi connectivity index (χ4v) is 0.500. The second kappa shape index (κ2) is 31.3. The van der Waals surface area contributed by atoms with Crippen LogP contribution in [0, 0.1) is 0 Å². The Balaban J connectivity index is -0.0000000208. The van der Waals surface area contributed by atoms with Crippen LogP contribution in [0.5, 0.6) is 0 Å². The lowest BCUT2D eigenvalue weighted by Gasteiger charge is -1.86. The van der Waals surface area contributed by atoms with Crippen LogP contribution in [-0.2, 0) is 0 Å². The van der Waals surface area contributed by atoms with E-state index < -0.39 is 0 Å². The second-order valence-corrected chi connectivity index (χ2v) is 1.71. The maximum absolute atomic E-state index is 2.23. The minimum absolute atomic E-state index is 0. The van der Waals surface area contributed by atoms with Crippen molar-refractivity contribution in [1.29, 1.82) is 0 Å². The van der Waals surface area contributed by atoms with Crippen LogP contribution in [0.1, 0.15) is 39.5 Å². The molecule has 0 aromatic carbocycles. The molecule has 0 nitrogen and oxygen atoms in total. The summed E-state index contributed by atoms with van der Waals surface area (Å²) in [6.07, 6.45) is 5.54. The zero-order valence-corrected chi connectivity index (χ0v) is 11.8. The molecular formula is C6H17BBr3. The predicted molar refractivity (Wildman–Crippen MR) is 66.5 cm³/mol. The molecular weight excluding hydrogens is 323 g/mol. The largest absolute Gasteiger partial charge is 0.114 e. The second-order valence-electron chi connectivity index (χ2n) is 1.71. The van der Waals surface area contributed by atoms with E-state index in [0.717, 1.165) is 0 Å². The first-order valence-electron chi connectivity index (χ1n) is 2.91. The van der Waals surface area contributed by atoms with E-state index in [2.05, 4.69) is 13.8 Å². The van der Waals surface area contributed by atoms with Gasteiger partial charge in [-0.25, -0.2) is 0 Å². The number of unbranched alkanes of at least 4 members (excludes halogenated alkanes) is 3. The van der Waals surface area contributed by atoms with Gasteiger partial charge in [-0.05, 0) is 0 Å². The highest BCUT2D eigenvalue weighted by atomic mass is 79.9. The van der Waals surface area contributed by atoms with Gasteiger partial charge in [-0.3, -0.25) is 0 Å². The summed E-state index contributed by atoms with van der Waals surface area (Å²) in [5, 5.41) is 0. The van der Waals surface area contributed by atoms with Gasteiger partial charge in [0.25, 0.3) is 0 Å². The van der Waals surface area contributed by atoms with Gasteiger partial charge in [0, 0.05) is 8.41 Å². The van der Waals surface area contributed by atoms with Crippen LogP contribution in [0.2, 0.25) is 0 Å². The van der Waals surface area contributed by atoms with E-state index >= 15 is 0 Å². The molecule has 0 rings (SSSR count). The third kappa shape index (κ3) is 33.9. The summed E-state index contributed by atoms with van der Waals surface area (Å²) >= 11 is 0. The van der Waals surface area contributed by atoms with E-state index in [1.54, 1.807) is 0 Å². The summed E-state index contributed by atoms with van der Waals surface area (Å²) in [4.78, 5) is 0. The minimum Gasteiger partial charge on any atom is -0.114 e. The molecule has 0 aliphatic heterocycles. The van der Waals surface area contributed by atoms with Crippen LogP contribution in [0.15, 0.2) is 0 Å². The molecule has 0 saturated carbocycles. The molecule has 0 spiro atoms. The van der Waals surface area contributed by atoms with Crippen LogP contribution in [0.4, 0.5) is 0 Å². The normalized spacial score (nSPS) is 5.40. The molecule has 0 aliphatic rings. The molecule has 0 saturated heterocycles. The van der Waals surface area contributed by atoms with Gasteiger partial charge in [0.1, 0.15) is 0 Å². The van der Waals surface area contributed by atoms with Crippen molar-refractivity contribution in [3.8, 4) is 0 Å². The van der Waals surface area contributed by atoms with Gasteiger partial charge in [0.05, 0.1) is 0 Å². The summed E-state index contributed by atoms with van der Waals surface area (Å²) in [6, 6.07) is 0. The molecule has 0 aromatic heterocycles. The van der Waals surface area contributed by atoms with E-state index in [0.29, 0.717) is 0 Å². The average molecular weight is 340 g/mol. The predicted octanol–water partition coefficient (Wildman–Crippen LogP) is 3.94. The van der Waals surface area contributed by atoms with Gasteiger partial charge in [0.2, 0.25) is 0 Å². The smallest absolute Gasteiger partial charge is 0 e. The van der Waals surface area contributed by atoms with Gasteiger partial charge >= 0.3 is 0 Å². The van der Waals surface area contributed by atoms with Crippen molar-refractivity contribution in [1.82, 2.24) is 0 Å².